The van der Waals surface area contributed by atoms with E-state index >= 15 is 0 Å². The number of hydrogen-bond acceptors (Lipinski definition) is 4. The van der Waals surface area contributed by atoms with Crippen LogP contribution in [0.25, 0.3) is 0 Å². The Bertz CT molecular complexity index is 921. The van der Waals surface area contributed by atoms with Gasteiger partial charge in [-0.1, -0.05) is 6.07 Å². The van der Waals surface area contributed by atoms with Gasteiger partial charge < -0.3 is 9.84 Å². The molecule has 0 radical (unpaired) electrons. The summed E-state index contributed by atoms with van der Waals surface area (Å²) in [5.41, 5.74) is 1.53. The second-order valence-electron chi connectivity index (χ2n) is 5.79. The van der Waals surface area contributed by atoms with E-state index in [0.29, 0.717) is 17.7 Å². The van der Waals surface area contributed by atoms with Gasteiger partial charge in [0.2, 0.25) is 0 Å². The van der Waals surface area contributed by atoms with Crippen LogP contribution in [-0.4, -0.2) is 25.6 Å². The number of nitrogens with one attached hydrogen (secondary N) is 1. The number of fused-ring (bicyclic) bond motifs is 1. The molecule has 0 aromatic heterocycles. The van der Waals surface area contributed by atoms with Crippen LogP contribution in [0.4, 0.5) is 5.69 Å². The fraction of sp³-hybridized carbons (Fsp3) is 0.235. The third-order valence-corrected chi connectivity index (χ3v) is 5.35. The van der Waals surface area contributed by atoms with Crippen LogP contribution in [0.15, 0.2) is 41.3 Å². The Morgan fingerprint density at radius 3 is 2.75 bits per heavy atom. The van der Waals surface area contributed by atoms with Crippen molar-refractivity contribution in [1.82, 2.24) is 0 Å². The fourth-order valence-corrected chi connectivity index (χ4v) is 3.92. The maximum absolute atomic E-state index is 12.6. The first-order chi connectivity index (χ1) is 11.3. The highest BCUT2D eigenvalue weighted by molar-refractivity contribution is 7.92. The number of benzene rings is 2. The lowest BCUT2D eigenvalue weighted by atomic mass is 10.1. The molecule has 0 saturated carbocycles. The minimum absolute atomic E-state index is 0.0282. The molecular formula is C17H17NO5S. The topological polar surface area (TPSA) is 92.7 Å². The smallest absolute Gasteiger partial charge is 0.336 e. The predicted octanol–water partition coefficient (Wildman–Crippen LogP) is 2.82. The molecule has 0 aliphatic carbocycles. The SMILES string of the molecule is Cc1c(NS(=O)(=O)c2ccc3c(c2)C[C@@H](C)O3)cccc1C(=O)O. The van der Waals surface area contributed by atoms with Gasteiger partial charge in [0, 0.05) is 6.42 Å². The van der Waals surface area contributed by atoms with Crippen LogP contribution >= 0.6 is 0 Å². The average Bonchev–Trinajstić information content (AvgIpc) is 2.88. The van der Waals surface area contributed by atoms with Crippen molar-refractivity contribution in [3.63, 3.8) is 0 Å². The summed E-state index contributed by atoms with van der Waals surface area (Å²) in [7, 11) is -3.82. The summed E-state index contributed by atoms with van der Waals surface area (Å²) in [5, 5.41) is 9.14. The van der Waals surface area contributed by atoms with Crippen molar-refractivity contribution in [2.45, 2.75) is 31.3 Å². The van der Waals surface area contributed by atoms with Crippen LogP contribution < -0.4 is 9.46 Å². The number of rotatable bonds is 4. The number of anilines is 1. The first kappa shape index (κ1) is 16.3. The van der Waals surface area contributed by atoms with Crippen molar-refractivity contribution < 1.29 is 23.1 Å². The Kier molecular flexibility index (Phi) is 3.96. The van der Waals surface area contributed by atoms with Crippen molar-refractivity contribution in [2.24, 2.45) is 0 Å². The molecular weight excluding hydrogens is 330 g/mol. The van der Waals surface area contributed by atoms with Crippen LogP contribution in [0.3, 0.4) is 0 Å². The third-order valence-electron chi connectivity index (χ3n) is 3.99. The second-order valence-corrected chi connectivity index (χ2v) is 7.47. The summed E-state index contributed by atoms with van der Waals surface area (Å²) < 4.78 is 33.3. The Morgan fingerprint density at radius 2 is 2.04 bits per heavy atom. The molecule has 1 aliphatic heterocycles. The van der Waals surface area contributed by atoms with Crippen LogP contribution in [0.2, 0.25) is 0 Å². The van der Waals surface area contributed by atoms with Gasteiger partial charge in [-0.15, -0.1) is 0 Å². The van der Waals surface area contributed by atoms with Crippen LogP contribution in [0, 0.1) is 6.92 Å². The Hall–Kier alpha value is -2.54. The van der Waals surface area contributed by atoms with Crippen molar-refractivity contribution in [1.29, 1.82) is 0 Å². The molecule has 6 nitrogen and oxygen atoms in total. The number of carbonyl (C=O) groups is 1. The molecule has 1 atom stereocenters. The van der Waals surface area contributed by atoms with Gasteiger partial charge in [0.05, 0.1) is 16.1 Å². The molecule has 0 bridgehead atoms. The zero-order chi connectivity index (χ0) is 17.5. The van der Waals surface area contributed by atoms with E-state index in [1.807, 2.05) is 6.92 Å². The molecule has 0 saturated heterocycles. The first-order valence-corrected chi connectivity index (χ1v) is 8.91. The highest BCUT2D eigenvalue weighted by atomic mass is 32.2. The van der Waals surface area contributed by atoms with Crippen LogP contribution in [0.1, 0.15) is 28.4 Å². The molecule has 1 heterocycles. The molecule has 126 valence electrons. The molecule has 0 spiro atoms. The number of carboxylic acids is 1. The Morgan fingerprint density at radius 1 is 1.29 bits per heavy atom. The normalized spacial score (nSPS) is 16.3. The van der Waals surface area contributed by atoms with Gasteiger partial charge in [-0.3, -0.25) is 4.72 Å². The van der Waals surface area contributed by atoms with E-state index < -0.39 is 16.0 Å². The Balaban J connectivity index is 1.95. The summed E-state index contributed by atoms with van der Waals surface area (Å²) in [6, 6.07) is 9.20. The van der Waals surface area contributed by atoms with Gasteiger partial charge in [-0.05, 0) is 55.3 Å². The van der Waals surface area contributed by atoms with Crippen molar-refractivity contribution in [2.75, 3.05) is 4.72 Å². The van der Waals surface area contributed by atoms with Crippen molar-refractivity contribution in [3.05, 3.63) is 53.1 Å². The lowest BCUT2D eigenvalue weighted by Crippen LogP contribution is -2.15. The molecule has 3 rings (SSSR count). The number of carboxylic acid groups (broad SMARTS) is 1. The molecule has 0 unspecified atom stereocenters. The molecule has 1 aliphatic rings. The molecule has 2 aromatic rings. The van der Waals surface area contributed by atoms with Gasteiger partial charge in [-0.2, -0.15) is 0 Å². The van der Waals surface area contributed by atoms with Gasteiger partial charge in [0.15, 0.2) is 0 Å². The number of aromatic carboxylic acids is 1. The maximum atomic E-state index is 12.6. The van der Waals surface area contributed by atoms with E-state index in [4.69, 9.17) is 9.84 Å². The summed E-state index contributed by atoms with van der Waals surface area (Å²) in [5.74, 6) is -0.400. The van der Waals surface area contributed by atoms with Crippen LogP contribution in [0.5, 0.6) is 5.75 Å². The zero-order valence-corrected chi connectivity index (χ0v) is 14.1. The van der Waals surface area contributed by atoms with Gasteiger partial charge >= 0.3 is 5.97 Å². The molecule has 7 heteroatoms. The quantitative estimate of drug-likeness (QED) is 0.887. The minimum Gasteiger partial charge on any atom is -0.490 e. The molecule has 0 amide bonds. The molecule has 24 heavy (non-hydrogen) atoms. The van der Waals surface area contributed by atoms with Crippen molar-refractivity contribution >= 4 is 21.7 Å². The first-order valence-electron chi connectivity index (χ1n) is 7.43. The summed E-state index contributed by atoms with van der Waals surface area (Å²) in [6.45, 7) is 3.49. The standard InChI is InChI=1S/C17H17NO5S/c1-10-8-12-9-13(6-7-16(12)23-10)24(21,22)18-15-5-3-4-14(11(15)2)17(19)20/h3-7,9-10,18H,8H2,1-2H3,(H,19,20)/t10-/m1/s1. The van der Waals surface area contributed by atoms with Crippen molar-refractivity contribution in [3.8, 4) is 5.75 Å². The van der Waals surface area contributed by atoms with E-state index in [-0.39, 0.29) is 22.3 Å². The van der Waals surface area contributed by atoms with Crippen LogP contribution in [-0.2, 0) is 16.4 Å². The van der Waals surface area contributed by atoms with E-state index in [1.54, 1.807) is 19.1 Å². The zero-order valence-electron chi connectivity index (χ0n) is 13.2. The van der Waals surface area contributed by atoms with E-state index in [1.165, 1.54) is 24.3 Å². The largest absolute Gasteiger partial charge is 0.490 e. The van der Waals surface area contributed by atoms with Gasteiger partial charge in [0.25, 0.3) is 10.0 Å². The molecule has 2 N–H and O–H groups in total. The van der Waals surface area contributed by atoms with E-state index in [0.717, 1.165) is 5.56 Å². The molecule has 0 fully saturated rings. The van der Waals surface area contributed by atoms with E-state index in [9.17, 15) is 13.2 Å². The van der Waals surface area contributed by atoms with E-state index in [2.05, 4.69) is 4.72 Å². The van der Waals surface area contributed by atoms with Gasteiger partial charge in [-0.25, -0.2) is 13.2 Å². The lowest BCUT2D eigenvalue weighted by Gasteiger charge is -2.12. The second kappa shape index (κ2) is 5.83. The minimum atomic E-state index is -3.82. The summed E-state index contributed by atoms with van der Waals surface area (Å²) in [6.07, 6.45) is 0.687. The average molecular weight is 347 g/mol. The third kappa shape index (κ3) is 2.94. The Labute approximate surface area is 140 Å². The predicted molar refractivity (Wildman–Crippen MR) is 89.2 cm³/mol. The highest BCUT2D eigenvalue weighted by Crippen LogP contribution is 2.31. The fourth-order valence-electron chi connectivity index (χ4n) is 2.75. The highest BCUT2D eigenvalue weighted by Gasteiger charge is 2.23. The maximum Gasteiger partial charge on any atom is 0.336 e. The lowest BCUT2D eigenvalue weighted by molar-refractivity contribution is 0.0696. The summed E-state index contributed by atoms with van der Waals surface area (Å²) >= 11 is 0. The summed E-state index contributed by atoms with van der Waals surface area (Å²) in [4.78, 5) is 11.3. The molecule has 2 aromatic carbocycles. The monoisotopic (exact) mass is 347 g/mol. The number of sulfonamides is 1. The number of hydrogen-bond donors (Lipinski definition) is 2. The van der Waals surface area contributed by atoms with Gasteiger partial charge in [0.1, 0.15) is 11.9 Å². The number of ether oxygens (including phenoxy) is 1.